The quantitative estimate of drug-likeness (QED) is 0.248. The van der Waals surface area contributed by atoms with Crippen molar-refractivity contribution in [2.75, 3.05) is 16.5 Å². The molecule has 35 heavy (non-hydrogen) atoms. The van der Waals surface area contributed by atoms with Gasteiger partial charge in [0.2, 0.25) is 5.91 Å². The number of aromatic nitrogens is 2. The van der Waals surface area contributed by atoms with Gasteiger partial charge in [0.25, 0.3) is 0 Å². The number of nitrogens with two attached hydrogens (primary N) is 1. The fraction of sp³-hybridized carbons (Fsp3) is 0.0357. The van der Waals surface area contributed by atoms with Crippen molar-refractivity contribution < 1.29 is 4.79 Å². The number of hydrogen-bond donors (Lipinski definition) is 4. The first-order valence-electron chi connectivity index (χ1n) is 11.2. The zero-order valence-electron chi connectivity index (χ0n) is 18.8. The lowest BCUT2D eigenvalue weighted by Gasteiger charge is -2.19. The summed E-state index contributed by atoms with van der Waals surface area (Å²) in [4.78, 5) is 21.8. The number of amides is 1. The average Bonchev–Trinajstić information content (AvgIpc) is 2.91. The Morgan fingerprint density at radius 1 is 0.714 bits per heavy atom. The van der Waals surface area contributed by atoms with E-state index in [9.17, 15) is 4.79 Å². The lowest BCUT2D eigenvalue weighted by Crippen LogP contribution is -2.35. The molecule has 4 aromatic carbocycles. The van der Waals surface area contributed by atoms with Gasteiger partial charge in [0.15, 0.2) is 11.6 Å². The summed E-state index contributed by atoms with van der Waals surface area (Å²) in [5, 5.41) is 5.44. The van der Waals surface area contributed by atoms with E-state index in [2.05, 4.69) is 26.1 Å². The van der Waals surface area contributed by atoms with Gasteiger partial charge in [0.05, 0.1) is 5.92 Å². The van der Waals surface area contributed by atoms with Crippen LogP contribution in [0.15, 0.2) is 109 Å². The number of hydrazine groups is 1. The number of nitrogens with zero attached hydrogens (tertiary/aromatic N) is 2. The van der Waals surface area contributed by atoms with Crippen molar-refractivity contribution >= 4 is 39.7 Å². The van der Waals surface area contributed by atoms with Crippen LogP contribution >= 0.6 is 0 Å². The zero-order valence-corrected chi connectivity index (χ0v) is 18.8. The molecule has 7 heteroatoms. The fourth-order valence-corrected chi connectivity index (χ4v) is 4.04. The van der Waals surface area contributed by atoms with Crippen LogP contribution in [0.2, 0.25) is 0 Å². The van der Waals surface area contributed by atoms with Crippen molar-refractivity contribution in [1.82, 2.24) is 15.4 Å². The summed E-state index contributed by atoms with van der Waals surface area (Å²) in [7, 11) is 0. The van der Waals surface area contributed by atoms with Gasteiger partial charge in [-0.05, 0) is 22.6 Å². The van der Waals surface area contributed by atoms with Crippen molar-refractivity contribution in [3.8, 4) is 0 Å². The van der Waals surface area contributed by atoms with Gasteiger partial charge in [-0.1, -0.05) is 97.1 Å². The first-order valence-corrected chi connectivity index (χ1v) is 11.2. The van der Waals surface area contributed by atoms with Gasteiger partial charge in [0.1, 0.15) is 12.0 Å². The van der Waals surface area contributed by atoms with E-state index in [-0.39, 0.29) is 11.6 Å². The Bertz CT molecular complexity index is 1410. The van der Waals surface area contributed by atoms with Crippen molar-refractivity contribution in [2.45, 2.75) is 5.92 Å². The first-order chi connectivity index (χ1) is 17.2. The Balaban J connectivity index is 1.37. The predicted octanol–water partition coefficient (Wildman–Crippen LogP) is 5.23. The third-order valence-electron chi connectivity index (χ3n) is 5.76. The maximum absolute atomic E-state index is 13.3. The van der Waals surface area contributed by atoms with E-state index in [0.717, 1.165) is 27.6 Å². The van der Waals surface area contributed by atoms with Gasteiger partial charge in [0, 0.05) is 11.1 Å². The molecule has 0 aliphatic carbocycles. The molecule has 0 aliphatic heterocycles. The van der Waals surface area contributed by atoms with Crippen LogP contribution in [0.1, 0.15) is 17.0 Å². The summed E-state index contributed by atoms with van der Waals surface area (Å²) in [6, 6.07) is 33.3. The molecule has 5 rings (SSSR count). The molecule has 0 atom stereocenters. The number of carbonyl (C=O) groups is 1. The standard InChI is InChI=1S/C28H24N6O/c29-25-26(32-23-17-9-15-19-10-7-8-16-22(19)23)30-18-31-27(25)33-34-28(35)24(20-11-3-1-4-12-20)21-13-5-2-6-14-21/h1-18,24H,29H2,(H,34,35)(H2,30,31,32,33). The number of anilines is 4. The molecule has 1 amide bonds. The van der Waals surface area contributed by atoms with Crippen LogP contribution in [0.5, 0.6) is 0 Å². The molecule has 172 valence electrons. The molecule has 0 saturated carbocycles. The molecule has 0 unspecified atom stereocenters. The van der Waals surface area contributed by atoms with Gasteiger partial charge in [-0.15, -0.1) is 0 Å². The van der Waals surface area contributed by atoms with E-state index in [0.29, 0.717) is 11.6 Å². The molecule has 1 aromatic heterocycles. The number of carbonyl (C=O) groups excluding carboxylic acids is 1. The summed E-state index contributed by atoms with van der Waals surface area (Å²) in [6.07, 6.45) is 1.39. The number of hydrogen-bond acceptors (Lipinski definition) is 6. The van der Waals surface area contributed by atoms with E-state index in [1.54, 1.807) is 0 Å². The van der Waals surface area contributed by atoms with Crippen LogP contribution in [0.4, 0.5) is 23.0 Å². The highest BCUT2D eigenvalue weighted by atomic mass is 16.2. The number of rotatable bonds is 7. The summed E-state index contributed by atoms with van der Waals surface area (Å²) < 4.78 is 0. The highest BCUT2D eigenvalue weighted by Crippen LogP contribution is 2.30. The molecular formula is C28H24N6O. The van der Waals surface area contributed by atoms with Crippen LogP contribution in [-0.2, 0) is 4.79 Å². The minimum atomic E-state index is -0.499. The van der Waals surface area contributed by atoms with Gasteiger partial charge in [-0.25, -0.2) is 9.97 Å². The van der Waals surface area contributed by atoms with E-state index in [4.69, 9.17) is 5.73 Å². The van der Waals surface area contributed by atoms with Crippen molar-refractivity contribution in [3.05, 3.63) is 121 Å². The van der Waals surface area contributed by atoms with Crippen LogP contribution in [-0.4, -0.2) is 15.9 Å². The SMILES string of the molecule is Nc1c(NNC(=O)C(c2ccccc2)c2ccccc2)ncnc1Nc1cccc2ccccc12. The minimum Gasteiger partial charge on any atom is -0.393 e. The number of nitrogen functional groups attached to an aromatic ring is 1. The lowest BCUT2D eigenvalue weighted by molar-refractivity contribution is -0.121. The third-order valence-corrected chi connectivity index (χ3v) is 5.76. The lowest BCUT2D eigenvalue weighted by atomic mass is 9.91. The van der Waals surface area contributed by atoms with E-state index < -0.39 is 5.92 Å². The molecule has 0 fully saturated rings. The molecule has 5 aromatic rings. The Labute approximate surface area is 203 Å². The molecule has 0 radical (unpaired) electrons. The topological polar surface area (TPSA) is 105 Å². The number of benzene rings is 4. The highest BCUT2D eigenvalue weighted by molar-refractivity contribution is 5.96. The van der Waals surface area contributed by atoms with Gasteiger partial charge in [-0.3, -0.25) is 15.6 Å². The summed E-state index contributed by atoms with van der Waals surface area (Å²) in [5.41, 5.74) is 14.9. The summed E-state index contributed by atoms with van der Waals surface area (Å²) >= 11 is 0. The van der Waals surface area contributed by atoms with Crippen LogP contribution < -0.4 is 21.9 Å². The van der Waals surface area contributed by atoms with Crippen molar-refractivity contribution in [1.29, 1.82) is 0 Å². The van der Waals surface area contributed by atoms with Gasteiger partial charge in [-0.2, -0.15) is 0 Å². The molecule has 0 aliphatic rings. The Kier molecular flexibility index (Phi) is 6.21. The normalized spacial score (nSPS) is 10.8. The zero-order chi connectivity index (χ0) is 24.0. The molecule has 7 nitrogen and oxygen atoms in total. The average molecular weight is 461 g/mol. The molecule has 0 spiro atoms. The maximum Gasteiger partial charge on any atom is 0.250 e. The Morgan fingerprint density at radius 2 is 1.31 bits per heavy atom. The first kappa shape index (κ1) is 21.9. The molecule has 0 bridgehead atoms. The predicted molar refractivity (Wildman–Crippen MR) is 140 cm³/mol. The van der Waals surface area contributed by atoms with Crippen LogP contribution in [0.3, 0.4) is 0 Å². The molecule has 0 saturated heterocycles. The van der Waals surface area contributed by atoms with Crippen molar-refractivity contribution in [2.24, 2.45) is 0 Å². The molecule has 5 N–H and O–H groups in total. The van der Waals surface area contributed by atoms with E-state index in [1.807, 2.05) is 103 Å². The second-order valence-corrected chi connectivity index (χ2v) is 8.00. The molecular weight excluding hydrogens is 436 g/mol. The highest BCUT2D eigenvalue weighted by Gasteiger charge is 2.23. The third kappa shape index (κ3) is 4.74. The van der Waals surface area contributed by atoms with Crippen LogP contribution in [0.25, 0.3) is 10.8 Å². The van der Waals surface area contributed by atoms with Crippen LogP contribution in [0, 0.1) is 0 Å². The fourth-order valence-electron chi connectivity index (χ4n) is 4.04. The second kappa shape index (κ2) is 9.93. The molecule has 1 heterocycles. The van der Waals surface area contributed by atoms with Crippen molar-refractivity contribution in [3.63, 3.8) is 0 Å². The van der Waals surface area contributed by atoms with Gasteiger partial charge < -0.3 is 11.1 Å². The summed E-state index contributed by atoms with van der Waals surface area (Å²) in [6.45, 7) is 0. The largest absolute Gasteiger partial charge is 0.393 e. The number of nitrogens with one attached hydrogen (secondary N) is 3. The monoisotopic (exact) mass is 460 g/mol. The maximum atomic E-state index is 13.3. The smallest absolute Gasteiger partial charge is 0.250 e. The Morgan fingerprint density at radius 3 is 2.03 bits per heavy atom. The van der Waals surface area contributed by atoms with E-state index >= 15 is 0 Å². The Hall–Kier alpha value is -4.91. The second-order valence-electron chi connectivity index (χ2n) is 8.00. The summed E-state index contributed by atoms with van der Waals surface area (Å²) in [5.74, 6) is 0.0111. The van der Waals surface area contributed by atoms with Gasteiger partial charge >= 0.3 is 0 Å². The van der Waals surface area contributed by atoms with E-state index in [1.165, 1.54) is 6.33 Å². The minimum absolute atomic E-state index is 0.232. The number of fused-ring (bicyclic) bond motifs is 1.